The highest BCUT2D eigenvalue weighted by atomic mass is 16.5. The van der Waals surface area contributed by atoms with Crippen molar-refractivity contribution in [3.8, 4) is 0 Å². The Morgan fingerprint density at radius 1 is 1.38 bits per heavy atom. The van der Waals surface area contributed by atoms with E-state index in [9.17, 15) is 4.79 Å². The van der Waals surface area contributed by atoms with Crippen LogP contribution < -0.4 is 5.32 Å². The molecule has 0 saturated heterocycles. The number of ether oxygens (including phenoxy) is 1. The van der Waals surface area contributed by atoms with Crippen LogP contribution in [0.2, 0.25) is 0 Å². The second kappa shape index (κ2) is 8.92. The number of benzene rings is 1. The van der Waals surface area contributed by atoms with E-state index in [-0.39, 0.29) is 12.5 Å². The van der Waals surface area contributed by atoms with Gasteiger partial charge < -0.3 is 15.0 Å². The Hall–Kier alpha value is -2.14. The summed E-state index contributed by atoms with van der Waals surface area (Å²) >= 11 is 0. The largest absolute Gasteiger partial charge is 0.368 e. The van der Waals surface area contributed by atoms with Crippen molar-refractivity contribution < 1.29 is 9.53 Å². The number of hydrogen-bond donors (Lipinski definition) is 1. The van der Waals surface area contributed by atoms with Gasteiger partial charge in [0.15, 0.2) is 0 Å². The van der Waals surface area contributed by atoms with Gasteiger partial charge >= 0.3 is 0 Å². The fraction of sp³-hybridized carbons (Fsp3) is 0.375. The van der Waals surface area contributed by atoms with Crippen LogP contribution in [-0.2, 0) is 9.53 Å². The molecular weight excluding hydrogens is 266 g/mol. The summed E-state index contributed by atoms with van der Waals surface area (Å²) in [7, 11) is 3.85. The summed E-state index contributed by atoms with van der Waals surface area (Å²) in [5, 5.41) is 2.82. The summed E-state index contributed by atoms with van der Waals surface area (Å²) < 4.78 is 5.22. The smallest absolute Gasteiger partial charge is 0.250 e. The fourth-order valence-corrected chi connectivity index (χ4v) is 1.45. The SMILES string of the molecule is C/C=C/COCC(=O)Nc1ccccc1/N=C(\C)N(C)C. The maximum absolute atomic E-state index is 11.8. The highest BCUT2D eigenvalue weighted by molar-refractivity contribution is 5.95. The molecule has 5 heteroatoms. The first kappa shape index (κ1) is 16.9. The van der Waals surface area contributed by atoms with Gasteiger partial charge in [-0.15, -0.1) is 0 Å². The summed E-state index contributed by atoms with van der Waals surface area (Å²) in [5.41, 5.74) is 1.41. The molecule has 0 bridgehead atoms. The molecule has 1 amide bonds. The number of hydrogen-bond acceptors (Lipinski definition) is 3. The van der Waals surface area contributed by atoms with Gasteiger partial charge in [-0.1, -0.05) is 24.3 Å². The van der Waals surface area contributed by atoms with E-state index in [1.54, 1.807) is 0 Å². The Kier molecular flexibility index (Phi) is 7.18. The van der Waals surface area contributed by atoms with Crippen molar-refractivity contribution in [1.82, 2.24) is 4.90 Å². The average molecular weight is 289 g/mol. The van der Waals surface area contributed by atoms with Gasteiger partial charge in [0.25, 0.3) is 0 Å². The number of amides is 1. The van der Waals surface area contributed by atoms with Gasteiger partial charge in [0.1, 0.15) is 12.4 Å². The summed E-state index contributed by atoms with van der Waals surface area (Å²) in [6.45, 7) is 4.28. The van der Waals surface area contributed by atoms with Gasteiger partial charge in [0.2, 0.25) is 5.91 Å². The van der Waals surface area contributed by atoms with Gasteiger partial charge in [-0.2, -0.15) is 0 Å². The zero-order valence-corrected chi connectivity index (χ0v) is 13.1. The fourth-order valence-electron chi connectivity index (χ4n) is 1.45. The monoisotopic (exact) mass is 289 g/mol. The molecule has 0 aliphatic carbocycles. The third-order valence-corrected chi connectivity index (χ3v) is 2.79. The van der Waals surface area contributed by atoms with Crippen molar-refractivity contribution in [2.24, 2.45) is 4.99 Å². The van der Waals surface area contributed by atoms with Crippen LogP contribution in [0.25, 0.3) is 0 Å². The Balaban J connectivity index is 2.71. The summed E-state index contributed by atoms with van der Waals surface area (Å²) in [6.07, 6.45) is 3.73. The maximum atomic E-state index is 11.8. The first-order chi connectivity index (χ1) is 10.0. The lowest BCUT2D eigenvalue weighted by Crippen LogP contribution is -2.19. The normalized spacial score (nSPS) is 11.7. The lowest BCUT2D eigenvalue weighted by molar-refractivity contribution is -0.120. The lowest BCUT2D eigenvalue weighted by Gasteiger charge is -2.13. The number of carbonyl (C=O) groups is 1. The Bertz CT molecular complexity index is 522. The van der Waals surface area contributed by atoms with Crippen LogP contribution in [0.5, 0.6) is 0 Å². The number of carbonyl (C=O) groups excluding carboxylic acids is 1. The molecule has 0 aliphatic heterocycles. The first-order valence-corrected chi connectivity index (χ1v) is 6.85. The van der Waals surface area contributed by atoms with Crippen LogP contribution in [-0.4, -0.2) is 44.0 Å². The summed E-state index contributed by atoms with van der Waals surface area (Å²) in [4.78, 5) is 18.2. The minimum absolute atomic E-state index is 0.0229. The molecule has 0 aromatic heterocycles. The minimum Gasteiger partial charge on any atom is -0.368 e. The number of nitrogens with one attached hydrogen (secondary N) is 1. The molecule has 0 atom stereocenters. The number of para-hydroxylation sites is 2. The third kappa shape index (κ3) is 6.23. The number of rotatable bonds is 6. The van der Waals surface area contributed by atoms with E-state index < -0.39 is 0 Å². The van der Waals surface area contributed by atoms with E-state index in [1.165, 1.54) is 0 Å². The summed E-state index contributed by atoms with van der Waals surface area (Å²) in [6, 6.07) is 7.44. The van der Waals surface area contributed by atoms with Crippen molar-refractivity contribution in [1.29, 1.82) is 0 Å². The number of allylic oxidation sites excluding steroid dienone is 1. The molecule has 1 aromatic rings. The van der Waals surface area contributed by atoms with E-state index >= 15 is 0 Å². The third-order valence-electron chi connectivity index (χ3n) is 2.79. The van der Waals surface area contributed by atoms with Crippen molar-refractivity contribution in [2.75, 3.05) is 32.6 Å². The molecule has 0 aliphatic rings. The first-order valence-electron chi connectivity index (χ1n) is 6.85. The topological polar surface area (TPSA) is 53.9 Å². The molecule has 1 N–H and O–H groups in total. The van der Waals surface area contributed by atoms with Crippen LogP contribution in [0.15, 0.2) is 41.4 Å². The highest BCUT2D eigenvalue weighted by Crippen LogP contribution is 2.24. The van der Waals surface area contributed by atoms with E-state index in [0.29, 0.717) is 12.3 Å². The van der Waals surface area contributed by atoms with Crippen molar-refractivity contribution in [2.45, 2.75) is 13.8 Å². The Labute approximate surface area is 126 Å². The van der Waals surface area contributed by atoms with Crippen LogP contribution in [0.4, 0.5) is 11.4 Å². The summed E-state index contributed by atoms with van der Waals surface area (Å²) in [5.74, 6) is 0.672. The molecular formula is C16H23N3O2. The van der Waals surface area contributed by atoms with E-state index in [0.717, 1.165) is 11.5 Å². The van der Waals surface area contributed by atoms with Crippen molar-refractivity contribution >= 4 is 23.1 Å². The predicted molar refractivity (Wildman–Crippen MR) is 87.2 cm³/mol. The van der Waals surface area contributed by atoms with E-state index in [1.807, 2.05) is 69.3 Å². The van der Waals surface area contributed by atoms with E-state index in [4.69, 9.17) is 4.74 Å². The molecule has 0 radical (unpaired) electrons. The molecule has 0 saturated carbocycles. The van der Waals surface area contributed by atoms with Gasteiger partial charge in [0.05, 0.1) is 18.0 Å². The van der Waals surface area contributed by atoms with Crippen LogP contribution >= 0.6 is 0 Å². The molecule has 21 heavy (non-hydrogen) atoms. The molecule has 0 fully saturated rings. The number of aliphatic imine (C=N–C) groups is 1. The van der Waals surface area contributed by atoms with Gasteiger partial charge in [-0.3, -0.25) is 4.79 Å². The molecule has 0 heterocycles. The second-order valence-corrected chi connectivity index (χ2v) is 4.70. The molecule has 0 spiro atoms. The van der Waals surface area contributed by atoms with Crippen LogP contribution in [0.1, 0.15) is 13.8 Å². The molecule has 0 unspecified atom stereocenters. The highest BCUT2D eigenvalue weighted by Gasteiger charge is 2.06. The van der Waals surface area contributed by atoms with Crippen molar-refractivity contribution in [3.05, 3.63) is 36.4 Å². The molecule has 114 valence electrons. The van der Waals surface area contributed by atoms with Crippen molar-refractivity contribution in [3.63, 3.8) is 0 Å². The van der Waals surface area contributed by atoms with Crippen LogP contribution in [0.3, 0.4) is 0 Å². The molecule has 1 aromatic carbocycles. The lowest BCUT2D eigenvalue weighted by atomic mass is 10.2. The Morgan fingerprint density at radius 3 is 2.76 bits per heavy atom. The van der Waals surface area contributed by atoms with Gasteiger partial charge in [-0.05, 0) is 26.0 Å². The number of anilines is 1. The minimum atomic E-state index is -0.190. The molecule has 5 nitrogen and oxygen atoms in total. The quantitative estimate of drug-likeness (QED) is 0.379. The zero-order valence-electron chi connectivity index (χ0n) is 13.1. The predicted octanol–water partition coefficient (Wildman–Crippen LogP) is 2.83. The number of nitrogens with zero attached hydrogens (tertiary/aromatic N) is 2. The van der Waals surface area contributed by atoms with E-state index in [2.05, 4.69) is 10.3 Å². The zero-order chi connectivity index (χ0) is 15.7. The maximum Gasteiger partial charge on any atom is 0.250 e. The molecule has 1 rings (SSSR count). The van der Waals surface area contributed by atoms with Gasteiger partial charge in [-0.25, -0.2) is 4.99 Å². The average Bonchev–Trinajstić information content (AvgIpc) is 2.45. The second-order valence-electron chi connectivity index (χ2n) is 4.70. The van der Waals surface area contributed by atoms with Crippen LogP contribution in [0, 0.1) is 0 Å². The van der Waals surface area contributed by atoms with Gasteiger partial charge in [0, 0.05) is 14.1 Å². The Morgan fingerprint density at radius 2 is 2.10 bits per heavy atom. The number of amidine groups is 1. The standard InChI is InChI=1S/C16H23N3O2/c1-5-6-11-21-12-16(20)18-15-10-8-7-9-14(15)17-13(2)19(3)4/h5-10H,11-12H2,1-4H3,(H,18,20)/b6-5+,17-13+.